The van der Waals surface area contributed by atoms with Gasteiger partial charge in [0.25, 0.3) is 0 Å². The predicted molar refractivity (Wildman–Crippen MR) is 55.1 cm³/mol. The van der Waals surface area contributed by atoms with E-state index in [2.05, 4.69) is 0 Å². The summed E-state index contributed by atoms with van der Waals surface area (Å²) in [4.78, 5) is 0. The van der Waals surface area contributed by atoms with Gasteiger partial charge in [-0.15, -0.1) is 0 Å². The van der Waals surface area contributed by atoms with Crippen LogP contribution in [0.5, 0.6) is 0 Å². The minimum atomic E-state index is -4.76. The maximum Gasteiger partial charge on any atom is 0.416 e. The van der Waals surface area contributed by atoms with Gasteiger partial charge in [-0.2, -0.15) is 26.3 Å². The van der Waals surface area contributed by atoms with E-state index in [-0.39, 0.29) is 18.1 Å². The van der Waals surface area contributed by atoms with Crippen molar-refractivity contribution in [3.8, 4) is 0 Å². The molecular weight excluding hydrogens is 258 g/mol. The molecule has 0 aliphatic rings. The number of benzene rings is 1. The van der Waals surface area contributed by atoms with Crippen LogP contribution in [0.25, 0.3) is 0 Å². The summed E-state index contributed by atoms with van der Waals surface area (Å²) in [6.45, 7) is 1.80. The quantitative estimate of drug-likeness (QED) is 0.673. The van der Waals surface area contributed by atoms with Crippen molar-refractivity contribution >= 4 is 0 Å². The van der Waals surface area contributed by atoms with Crippen LogP contribution in [-0.2, 0) is 18.8 Å². The van der Waals surface area contributed by atoms with Gasteiger partial charge >= 0.3 is 12.4 Å². The maximum absolute atomic E-state index is 12.7. The van der Waals surface area contributed by atoms with Crippen molar-refractivity contribution < 1.29 is 26.3 Å². The summed E-state index contributed by atoms with van der Waals surface area (Å²) < 4.78 is 75.1. The molecule has 18 heavy (non-hydrogen) atoms. The summed E-state index contributed by atoms with van der Waals surface area (Å²) in [6, 6.07) is 1.80. The van der Waals surface area contributed by atoms with Gasteiger partial charge in [0.2, 0.25) is 0 Å². The zero-order valence-corrected chi connectivity index (χ0v) is 9.62. The highest BCUT2D eigenvalue weighted by atomic mass is 19.4. The first-order valence-electron chi connectivity index (χ1n) is 5.43. The summed E-state index contributed by atoms with van der Waals surface area (Å²) >= 11 is 0. The molecule has 1 aromatic rings. The van der Waals surface area contributed by atoms with E-state index in [1.165, 1.54) is 0 Å². The van der Waals surface area contributed by atoms with E-state index in [0.29, 0.717) is 18.9 Å². The molecule has 0 fully saturated rings. The summed E-state index contributed by atoms with van der Waals surface area (Å²) in [6.07, 6.45) is -8.20. The van der Waals surface area contributed by atoms with Crippen molar-refractivity contribution in [3.05, 3.63) is 34.9 Å². The smallest absolute Gasteiger partial charge is 0.166 e. The molecule has 0 nitrogen and oxygen atoms in total. The highest BCUT2D eigenvalue weighted by Crippen LogP contribution is 2.37. The molecule has 0 aromatic heterocycles. The van der Waals surface area contributed by atoms with Crippen LogP contribution in [0.3, 0.4) is 0 Å². The summed E-state index contributed by atoms with van der Waals surface area (Å²) in [5.41, 5.74) is -2.54. The van der Waals surface area contributed by atoms with Gasteiger partial charge in [-0.25, -0.2) is 0 Å². The van der Waals surface area contributed by atoms with Crippen molar-refractivity contribution in [2.45, 2.75) is 38.5 Å². The molecule has 0 unspecified atom stereocenters. The zero-order valence-electron chi connectivity index (χ0n) is 9.62. The summed E-state index contributed by atoms with van der Waals surface area (Å²) in [5, 5.41) is 0. The van der Waals surface area contributed by atoms with Crippen molar-refractivity contribution in [1.82, 2.24) is 0 Å². The van der Waals surface area contributed by atoms with Crippen molar-refractivity contribution in [2.24, 2.45) is 0 Å². The number of halogens is 6. The molecule has 0 aliphatic heterocycles. The van der Waals surface area contributed by atoms with Crippen LogP contribution < -0.4 is 0 Å². The molecule has 0 aliphatic carbocycles. The second-order valence-electron chi connectivity index (χ2n) is 3.97. The highest BCUT2D eigenvalue weighted by molar-refractivity contribution is 5.35. The monoisotopic (exact) mass is 270 g/mol. The number of hydrogen-bond acceptors (Lipinski definition) is 0. The molecule has 102 valence electrons. The third-order valence-electron chi connectivity index (χ3n) is 2.54. The lowest BCUT2D eigenvalue weighted by Crippen LogP contribution is -2.13. The Kier molecular flexibility index (Phi) is 4.29. The topological polar surface area (TPSA) is 0 Å². The summed E-state index contributed by atoms with van der Waals surface area (Å²) in [5.74, 6) is 0. The maximum atomic E-state index is 12.7. The lowest BCUT2D eigenvalue weighted by molar-refractivity contribution is -0.143. The normalized spacial score (nSPS) is 12.8. The summed E-state index contributed by atoms with van der Waals surface area (Å²) in [7, 11) is 0. The predicted octanol–water partition coefficient (Wildman–Crippen LogP) is 5.07. The Hall–Kier alpha value is -1.20. The molecule has 0 N–H and O–H groups in total. The third-order valence-corrected chi connectivity index (χ3v) is 2.54. The average molecular weight is 270 g/mol. The van der Waals surface area contributed by atoms with Crippen LogP contribution in [-0.4, -0.2) is 0 Å². The first-order chi connectivity index (χ1) is 8.16. The largest absolute Gasteiger partial charge is 0.416 e. The lowest BCUT2D eigenvalue weighted by Gasteiger charge is -2.15. The Morgan fingerprint density at radius 2 is 1.56 bits per heavy atom. The Morgan fingerprint density at radius 3 is 2.00 bits per heavy atom. The second-order valence-corrected chi connectivity index (χ2v) is 3.97. The first-order valence-corrected chi connectivity index (χ1v) is 5.43. The molecular formula is C12H12F6. The Morgan fingerprint density at radius 1 is 0.944 bits per heavy atom. The molecule has 0 saturated heterocycles. The van der Waals surface area contributed by atoms with Crippen molar-refractivity contribution in [3.63, 3.8) is 0 Å². The van der Waals surface area contributed by atoms with E-state index in [1.807, 2.05) is 0 Å². The minimum Gasteiger partial charge on any atom is -0.166 e. The molecule has 0 bridgehead atoms. The molecule has 1 aromatic carbocycles. The highest BCUT2D eigenvalue weighted by Gasteiger charge is 2.37. The van der Waals surface area contributed by atoms with Crippen LogP contribution in [0.4, 0.5) is 26.3 Å². The Labute approximate surface area is 101 Å². The van der Waals surface area contributed by atoms with E-state index < -0.39 is 23.5 Å². The van der Waals surface area contributed by atoms with Gasteiger partial charge in [0.1, 0.15) is 0 Å². The van der Waals surface area contributed by atoms with Gasteiger partial charge < -0.3 is 0 Å². The van der Waals surface area contributed by atoms with Crippen LogP contribution in [0.1, 0.15) is 36.5 Å². The van der Waals surface area contributed by atoms with Gasteiger partial charge in [0.15, 0.2) is 0 Å². The molecule has 0 atom stereocenters. The van der Waals surface area contributed by atoms with Crippen LogP contribution in [0.2, 0.25) is 0 Å². The van der Waals surface area contributed by atoms with E-state index >= 15 is 0 Å². The third kappa shape index (κ3) is 3.65. The number of aryl methyl sites for hydroxylation is 1. The van der Waals surface area contributed by atoms with Crippen molar-refractivity contribution in [1.29, 1.82) is 0 Å². The van der Waals surface area contributed by atoms with Crippen LogP contribution in [0, 0.1) is 0 Å². The SMILES string of the molecule is CCCCc1ccc(C(F)(F)F)cc1C(F)(F)F. The lowest BCUT2D eigenvalue weighted by atomic mass is 9.99. The van der Waals surface area contributed by atoms with Crippen molar-refractivity contribution in [2.75, 3.05) is 0 Å². The van der Waals surface area contributed by atoms with E-state index in [9.17, 15) is 26.3 Å². The van der Waals surface area contributed by atoms with Gasteiger partial charge in [0, 0.05) is 0 Å². The zero-order chi connectivity index (χ0) is 14.0. The Balaban J connectivity index is 3.21. The van der Waals surface area contributed by atoms with Gasteiger partial charge in [-0.05, 0) is 30.5 Å². The molecule has 0 radical (unpaired) electrons. The fourth-order valence-corrected chi connectivity index (χ4v) is 1.60. The number of unbranched alkanes of at least 4 members (excludes halogenated alkanes) is 1. The van der Waals surface area contributed by atoms with E-state index in [0.717, 1.165) is 6.07 Å². The van der Waals surface area contributed by atoms with Gasteiger partial charge in [-0.1, -0.05) is 19.4 Å². The fourth-order valence-electron chi connectivity index (χ4n) is 1.60. The van der Waals surface area contributed by atoms with E-state index in [1.54, 1.807) is 6.92 Å². The standard InChI is InChI=1S/C12H12F6/c1-2-3-4-8-5-6-9(11(13,14)15)7-10(8)12(16,17)18/h5-7H,2-4H2,1H3. The van der Waals surface area contributed by atoms with Gasteiger partial charge in [-0.3, -0.25) is 0 Å². The number of alkyl halides is 6. The fraction of sp³-hybridized carbons (Fsp3) is 0.500. The molecule has 0 heterocycles. The Bertz CT molecular complexity index is 402. The first kappa shape index (κ1) is 14.9. The minimum absolute atomic E-state index is 0.0858. The molecule has 0 saturated carbocycles. The van der Waals surface area contributed by atoms with Gasteiger partial charge in [0.05, 0.1) is 11.1 Å². The van der Waals surface area contributed by atoms with E-state index in [4.69, 9.17) is 0 Å². The molecule has 6 heteroatoms. The van der Waals surface area contributed by atoms with Crippen LogP contribution in [0.15, 0.2) is 18.2 Å². The molecule has 0 spiro atoms. The number of rotatable bonds is 3. The molecule has 0 amide bonds. The average Bonchev–Trinajstić information content (AvgIpc) is 2.23. The van der Waals surface area contributed by atoms with Crippen LogP contribution >= 0.6 is 0 Å². The second kappa shape index (κ2) is 5.20. The number of hydrogen-bond donors (Lipinski definition) is 0. The molecule has 1 rings (SSSR count).